The van der Waals surface area contributed by atoms with Gasteiger partial charge in [0.25, 0.3) is 0 Å². The van der Waals surface area contributed by atoms with Gasteiger partial charge in [0.2, 0.25) is 11.8 Å². The molecule has 2 atom stereocenters. The summed E-state index contributed by atoms with van der Waals surface area (Å²) in [6.45, 7) is 8.04. The molecular formula is C27H32N4O2. The number of carbonyl (C=O) groups is 2. The van der Waals surface area contributed by atoms with Gasteiger partial charge < -0.3 is 19.7 Å². The molecule has 0 bridgehead atoms. The molecule has 6 heteroatoms. The maximum absolute atomic E-state index is 13.7. The summed E-state index contributed by atoms with van der Waals surface area (Å²) < 4.78 is 0. The van der Waals surface area contributed by atoms with Crippen LogP contribution in [0.2, 0.25) is 0 Å². The topological polar surface area (TPSA) is 59.6 Å². The number of rotatable bonds is 7. The third-order valence-electron chi connectivity index (χ3n) is 7.25. The fourth-order valence-corrected chi connectivity index (χ4v) is 5.52. The molecule has 2 aromatic carbocycles. The summed E-state index contributed by atoms with van der Waals surface area (Å²) in [5, 5.41) is 1.15. The highest BCUT2D eigenvalue weighted by Gasteiger charge is 2.47. The van der Waals surface area contributed by atoms with Crippen LogP contribution in [0.4, 0.5) is 0 Å². The highest BCUT2D eigenvalue weighted by molar-refractivity contribution is 5.97. The Bertz CT molecular complexity index is 1150. The van der Waals surface area contributed by atoms with Crippen molar-refractivity contribution in [3.05, 3.63) is 71.4 Å². The molecule has 2 aliphatic heterocycles. The monoisotopic (exact) mass is 444 g/mol. The van der Waals surface area contributed by atoms with Crippen LogP contribution >= 0.6 is 0 Å². The van der Waals surface area contributed by atoms with Crippen molar-refractivity contribution in [2.75, 3.05) is 32.7 Å². The highest BCUT2D eigenvalue weighted by atomic mass is 16.2. The first-order valence-electron chi connectivity index (χ1n) is 12.1. The van der Waals surface area contributed by atoms with Crippen LogP contribution in [0.5, 0.6) is 0 Å². The molecule has 0 aliphatic carbocycles. The number of aromatic amines is 1. The highest BCUT2D eigenvalue weighted by Crippen LogP contribution is 2.42. The summed E-state index contributed by atoms with van der Waals surface area (Å²) in [4.78, 5) is 36.7. The van der Waals surface area contributed by atoms with E-state index in [1.165, 1.54) is 0 Å². The van der Waals surface area contributed by atoms with Gasteiger partial charge >= 0.3 is 0 Å². The van der Waals surface area contributed by atoms with E-state index in [0.29, 0.717) is 13.0 Å². The Hall–Kier alpha value is -3.12. The van der Waals surface area contributed by atoms with Crippen LogP contribution < -0.4 is 0 Å². The SMILES string of the molecule is CCN(CC)CCCN1CC(=O)N2[C@@H](c3ccccc3)c3[nH]c4ccccc4c3C[C@H]2C1=O. The molecular weight excluding hydrogens is 412 g/mol. The van der Waals surface area contributed by atoms with Gasteiger partial charge in [0.15, 0.2) is 0 Å². The Labute approximate surface area is 195 Å². The molecule has 1 fully saturated rings. The minimum absolute atomic E-state index is 0.0283. The minimum atomic E-state index is -0.461. The second-order valence-corrected chi connectivity index (χ2v) is 9.04. The summed E-state index contributed by atoms with van der Waals surface area (Å²) in [5.74, 6) is 0.103. The second-order valence-electron chi connectivity index (χ2n) is 9.04. The molecule has 3 aromatic rings. The van der Waals surface area contributed by atoms with Gasteiger partial charge in [-0.3, -0.25) is 9.59 Å². The Morgan fingerprint density at radius 2 is 1.73 bits per heavy atom. The normalized spacial score (nSPS) is 20.5. The molecule has 2 aliphatic rings. The van der Waals surface area contributed by atoms with E-state index >= 15 is 0 Å². The largest absolute Gasteiger partial charge is 0.356 e. The molecule has 1 aromatic heterocycles. The number of carbonyl (C=O) groups excluding carboxylic acids is 2. The van der Waals surface area contributed by atoms with E-state index in [-0.39, 0.29) is 24.4 Å². The van der Waals surface area contributed by atoms with Gasteiger partial charge in [-0.15, -0.1) is 0 Å². The van der Waals surface area contributed by atoms with E-state index in [4.69, 9.17) is 0 Å². The number of hydrogen-bond donors (Lipinski definition) is 1. The average Bonchev–Trinajstić information content (AvgIpc) is 3.22. The number of piperazine rings is 1. The predicted octanol–water partition coefficient (Wildman–Crippen LogP) is 3.58. The number of para-hydroxylation sites is 1. The number of aromatic nitrogens is 1. The first kappa shape index (κ1) is 21.7. The summed E-state index contributed by atoms with van der Waals surface area (Å²) in [7, 11) is 0. The molecule has 5 rings (SSSR count). The Balaban J connectivity index is 1.50. The number of fused-ring (bicyclic) bond motifs is 4. The van der Waals surface area contributed by atoms with Gasteiger partial charge in [-0.25, -0.2) is 0 Å². The van der Waals surface area contributed by atoms with Crippen molar-refractivity contribution >= 4 is 22.7 Å². The Morgan fingerprint density at radius 3 is 2.48 bits per heavy atom. The van der Waals surface area contributed by atoms with Crippen LogP contribution in [0.15, 0.2) is 54.6 Å². The Kier molecular flexibility index (Phi) is 5.94. The molecule has 0 spiro atoms. The molecule has 6 nitrogen and oxygen atoms in total. The van der Waals surface area contributed by atoms with E-state index in [0.717, 1.165) is 53.8 Å². The third-order valence-corrected chi connectivity index (χ3v) is 7.25. The minimum Gasteiger partial charge on any atom is -0.356 e. The molecule has 3 heterocycles. The summed E-state index contributed by atoms with van der Waals surface area (Å²) in [5.41, 5.74) is 4.28. The smallest absolute Gasteiger partial charge is 0.246 e. The molecule has 0 saturated carbocycles. The molecule has 1 saturated heterocycles. The van der Waals surface area contributed by atoms with Gasteiger partial charge in [0.05, 0.1) is 12.6 Å². The van der Waals surface area contributed by atoms with Crippen LogP contribution in [-0.2, 0) is 16.0 Å². The number of H-pyrrole nitrogens is 1. The molecule has 0 radical (unpaired) electrons. The average molecular weight is 445 g/mol. The van der Waals surface area contributed by atoms with E-state index in [2.05, 4.69) is 48.0 Å². The van der Waals surface area contributed by atoms with Crippen molar-refractivity contribution in [1.29, 1.82) is 0 Å². The van der Waals surface area contributed by atoms with Crippen molar-refractivity contribution in [3.8, 4) is 0 Å². The zero-order valence-corrected chi connectivity index (χ0v) is 19.5. The van der Waals surface area contributed by atoms with Gasteiger partial charge in [0.1, 0.15) is 6.04 Å². The number of benzene rings is 2. The Morgan fingerprint density at radius 1 is 1.00 bits per heavy atom. The summed E-state index contributed by atoms with van der Waals surface area (Å²) >= 11 is 0. The lowest BCUT2D eigenvalue weighted by atomic mass is 9.86. The second kappa shape index (κ2) is 9.02. The quantitative estimate of drug-likeness (QED) is 0.606. The first-order valence-corrected chi connectivity index (χ1v) is 12.1. The molecule has 2 amide bonds. The van der Waals surface area contributed by atoms with Crippen molar-refractivity contribution in [3.63, 3.8) is 0 Å². The standard InChI is InChI=1S/C27H32N4O2/c1-3-29(4-2)15-10-16-30-18-24(32)31-23(27(30)33)17-21-20-13-8-9-14-22(20)28-25(21)26(31)19-11-6-5-7-12-19/h5-9,11-14,23,26,28H,3-4,10,15-18H2,1-2H3/t23-,26-/m0/s1. The maximum atomic E-state index is 13.7. The van der Waals surface area contributed by atoms with E-state index in [9.17, 15) is 9.59 Å². The van der Waals surface area contributed by atoms with Crippen LogP contribution in [0.3, 0.4) is 0 Å². The first-order chi connectivity index (χ1) is 16.1. The van der Waals surface area contributed by atoms with Crippen molar-refractivity contribution in [2.24, 2.45) is 0 Å². The lowest BCUT2D eigenvalue weighted by Gasteiger charge is -2.47. The van der Waals surface area contributed by atoms with Crippen LogP contribution in [0.25, 0.3) is 10.9 Å². The number of nitrogens with one attached hydrogen (secondary N) is 1. The van der Waals surface area contributed by atoms with E-state index in [1.807, 2.05) is 35.2 Å². The predicted molar refractivity (Wildman–Crippen MR) is 130 cm³/mol. The zero-order chi connectivity index (χ0) is 22.9. The van der Waals surface area contributed by atoms with Crippen molar-refractivity contribution in [1.82, 2.24) is 19.7 Å². The lowest BCUT2D eigenvalue weighted by Crippen LogP contribution is -2.63. The van der Waals surface area contributed by atoms with Crippen molar-refractivity contribution < 1.29 is 9.59 Å². The van der Waals surface area contributed by atoms with E-state index < -0.39 is 6.04 Å². The van der Waals surface area contributed by atoms with Crippen LogP contribution in [0, 0.1) is 0 Å². The van der Waals surface area contributed by atoms with Crippen LogP contribution in [-0.4, -0.2) is 70.3 Å². The van der Waals surface area contributed by atoms with Gasteiger partial charge in [-0.1, -0.05) is 62.4 Å². The number of hydrogen-bond acceptors (Lipinski definition) is 3. The van der Waals surface area contributed by atoms with Gasteiger partial charge in [0, 0.05) is 29.6 Å². The van der Waals surface area contributed by atoms with Gasteiger partial charge in [-0.2, -0.15) is 0 Å². The van der Waals surface area contributed by atoms with Gasteiger partial charge in [-0.05, 0) is 43.2 Å². The number of nitrogens with zero attached hydrogens (tertiary/aromatic N) is 3. The van der Waals surface area contributed by atoms with Crippen LogP contribution in [0.1, 0.15) is 43.1 Å². The lowest BCUT2D eigenvalue weighted by molar-refractivity contribution is -0.158. The van der Waals surface area contributed by atoms with Crippen molar-refractivity contribution in [2.45, 2.75) is 38.8 Å². The summed E-state index contributed by atoms with van der Waals surface area (Å²) in [6, 6.07) is 17.6. The fourth-order valence-electron chi connectivity index (χ4n) is 5.52. The molecule has 172 valence electrons. The summed E-state index contributed by atoms with van der Waals surface area (Å²) in [6.07, 6.45) is 1.44. The maximum Gasteiger partial charge on any atom is 0.246 e. The third kappa shape index (κ3) is 3.82. The number of amides is 2. The zero-order valence-electron chi connectivity index (χ0n) is 19.5. The molecule has 1 N–H and O–H groups in total. The molecule has 33 heavy (non-hydrogen) atoms. The molecule has 0 unspecified atom stereocenters. The fraction of sp³-hybridized carbons (Fsp3) is 0.407. The van der Waals surface area contributed by atoms with E-state index in [1.54, 1.807) is 4.90 Å².